The molecule has 0 saturated carbocycles. The minimum absolute atomic E-state index is 0.251. The predicted octanol–water partition coefficient (Wildman–Crippen LogP) is -0.0658. The van der Waals surface area contributed by atoms with E-state index in [4.69, 9.17) is 9.84 Å². The Hall–Kier alpha value is -0.610. The summed E-state index contributed by atoms with van der Waals surface area (Å²) in [5.41, 5.74) is 0. The number of rotatable bonds is 2. The number of hydrogen-bond acceptors (Lipinski definition) is 3. The van der Waals surface area contributed by atoms with E-state index in [-0.39, 0.29) is 6.04 Å². The fourth-order valence-electron chi connectivity index (χ4n) is 1.91. The fourth-order valence-corrected chi connectivity index (χ4v) is 1.91. The van der Waals surface area contributed by atoms with Crippen molar-refractivity contribution in [2.24, 2.45) is 0 Å². The maximum Gasteiger partial charge on any atom is 0.320 e. The van der Waals surface area contributed by atoms with Gasteiger partial charge in [0.25, 0.3) is 0 Å². The molecule has 0 bridgehead atoms. The second-order valence-corrected chi connectivity index (χ2v) is 3.43. The molecule has 4 nitrogen and oxygen atoms in total. The standard InChI is InChI=1S/C8H13NO3/c10-8(11)7-2-1-3-9(7)6-4-12-5-6/h6-7H,1-5H2,(H,10,11). The highest BCUT2D eigenvalue weighted by Crippen LogP contribution is 2.23. The number of carboxylic acid groups (broad SMARTS) is 1. The molecule has 0 aromatic carbocycles. The summed E-state index contributed by atoms with van der Waals surface area (Å²) >= 11 is 0. The van der Waals surface area contributed by atoms with Crippen molar-refractivity contribution >= 4 is 5.97 Å². The average molecular weight is 171 g/mol. The van der Waals surface area contributed by atoms with E-state index in [2.05, 4.69) is 4.90 Å². The molecule has 2 saturated heterocycles. The maximum atomic E-state index is 10.8. The molecule has 0 amide bonds. The zero-order chi connectivity index (χ0) is 8.55. The quantitative estimate of drug-likeness (QED) is 0.632. The molecule has 1 atom stereocenters. The molecular formula is C8H13NO3. The highest BCUT2D eigenvalue weighted by molar-refractivity contribution is 5.73. The van der Waals surface area contributed by atoms with Crippen LogP contribution in [-0.2, 0) is 9.53 Å². The van der Waals surface area contributed by atoms with Crippen molar-refractivity contribution in [3.63, 3.8) is 0 Å². The first-order chi connectivity index (χ1) is 5.79. The molecule has 2 aliphatic heterocycles. The van der Waals surface area contributed by atoms with Gasteiger partial charge in [-0.2, -0.15) is 0 Å². The normalized spacial score (nSPS) is 31.8. The molecule has 2 rings (SSSR count). The van der Waals surface area contributed by atoms with Crippen molar-refractivity contribution in [1.82, 2.24) is 4.90 Å². The summed E-state index contributed by atoms with van der Waals surface area (Å²) in [4.78, 5) is 12.8. The van der Waals surface area contributed by atoms with E-state index in [0.29, 0.717) is 19.3 Å². The largest absolute Gasteiger partial charge is 0.480 e. The molecule has 12 heavy (non-hydrogen) atoms. The van der Waals surface area contributed by atoms with Gasteiger partial charge in [0.05, 0.1) is 19.3 Å². The number of likely N-dealkylation sites (tertiary alicyclic amines) is 1. The molecule has 0 spiro atoms. The predicted molar refractivity (Wildman–Crippen MR) is 42.0 cm³/mol. The van der Waals surface area contributed by atoms with Crippen LogP contribution in [0, 0.1) is 0 Å². The molecule has 0 aliphatic carbocycles. The first-order valence-corrected chi connectivity index (χ1v) is 4.35. The van der Waals surface area contributed by atoms with E-state index >= 15 is 0 Å². The van der Waals surface area contributed by atoms with Crippen LogP contribution in [0.25, 0.3) is 0 Å². The Morgan fingerprint density at radius 3 is 2.75 bits per heavy atom. The zero-order valence-electron chi connectivity index (χ0n) is 6.90. The summed E-state index contributed by atoms with van der Waals surface area (Å²) in [5.74, 6) is -0.681. The van der Waals surface area contributed by atoms with Gasteiger partial charge in [-0.15, -0.1) is 0 Å². The van der Waals surface area contributed by atoms with E-state index < -0.39 is 5.97 Å². The van der Waals surface area contributed by atoms with Crippen molar-refractivity contribution in [2.75, 3.05) is 19.8 Å². The lowest BCUT2D eigenvalue weighted by Crippen LogP contribution is -2.52. The monoisotopic (exact) mass is 171 g/mol. The fraction of sp³-hybridized carbons (Fsp3) is 0.875. The molecule has 2 fully saturated rings. The first-order valence-electron chi connectivity index (χ1n) is 4.35. The van der Waals surface area contributed by atoms with E-state index in [1.165, 1.54) is 0 Å². The van der Waals surface area contributed by atoms with Gasteiger partial charge in [-0.3, -0.25) is 9.69 Å². The van der Waals surface area contributed by atoms with E-state index in [1.54, 1.807) is 0 Å². The Balaban J connectivity index is 1.98. The molecule has 1 unspecified atom stereocenters. The highest BCUT2D eigenvalue weighted by Gasteiger charge is 2.38. The Morgan fingerprint density at radius 1 is 1.50 bits per heavy atom. The number of carbonyl (C=O) groups is 1. The number of aliphatic carboxylic acids is 1. The van der Waals surface area contributed by atoms with Crippen LogP contribution in [0.2, 0.25) is 0 Å². The highest BCUT2D eigenvalue weighted by atomic mass is 16.5. The summed E-state index contributed by atoms with van der Waals surface area (Å²) in [6, 6.07) is 0.118. The summed E-state index contributed by atoms with van der Waals surface area (Å²) in [6.07, 6.45) is 1.80. The van der Waals surface area contributed by atoms with Gasteiger partial charge in [-0.05, 0) is 19.4 Å². The Labute approximate surface area is 71.1 Å². The Bertz CT molecular complexity index is 191. The molecule has 4 heteroatoms. The molecule has 0 aromatic heterocycles. The zero-order valence-corrected chi connectivity index (χ0v) is 6.90. The van der Waals surface area contributed by atoms with Crippen LogP contribution in [0.3, 0.4) is 0 Å². The number of nitrogens with zero attached hydrogens (tertiary/aromatic N) is 1. The van der Waals surface area contributed by atoms with Crippen molar-refractivity contribution in [3.05, 3.63) is 0 Å². The van der Waals surface area contributed by atoms with E-state index in [1.807, 2.05) is 0 Å². The topological polar surface area (TPSA) is 49.8 Å². The number of ether oxygens (including phenoxy) is 1. The SMILES string of the molecule is O=C(O)C1CCCN1C1COC1. The van der Waals surface area contributed by atoms with Gasteiger partial charge >= 0.3 is 5.97 Å². The second-order valence-electron chi connectivity index (χ2n) is 3.43. The van der Waals surface area contributed by atoms with Gasteiger partial charge in [0.1, 0.15) is 6.04 Å². The van der Waals surface area contributed by atoms with Crippen LogP contribution in [0.5, 0.6) is 0 Å². The van der Waals surface area contributed by atoms with E-state index in [9.17, 15) is 4.79 Å². The van der Waals surface area contributed by atoms with Crippen LogP contribution in [0.1, 0.15) is 12.8 Å². The van der Waals surface area contributed by atoms with Crippen LogP contribution in [-0.4, -0.2) is 47.8 Å². The maximum absolute atomic E-state index is 10.8. The number of hydrogen-bond donors (Lipinski definition) is 1. The Kier molecular flexibility index (Phi) is 2.02. The van der Waals surface area contributed by atoms with Crippen molar-refractivity contribution in [1.29, 1.82) is 0 Å². The lowest BCUT2D eigenvalue weighted by Gasteiger charge is -2.36. The molecule has 68 valence electrons. The van der Waals surface area contributed by atoms with Gasteiger partial charge in [-0.25, -0.2) is 0 Å². The van der Waals surface area contributed by atoms with Crippen LogP contribution < -0.4 is 0 Å². The first kappa shape index (κ1) is 8.01. The summed E-state index contributed by atoms with van der Waals surface area (Å²) in [5, 5.41) is 8.87. The van der Waals surface area contributed by atoms with Gasteiger partial charge in [0.2, 0.25) is 0 Å². The Morgan fingerprint density at radius 2 is 2.25 bits per heavy atom. The molecule has 0 radical (unpaired) electrons. The third-order valence-electron chi connectivity index (χ3n) is 2.67. The number of carboxylic acids is 1. The second kappa shape index (κ2) is 3.03. The van der Waals surface area contributed by atoms with Crippen LogP contribution >= 0.6 is 0 Å². The lowest BCUT2D eigenvalue weighted by atomic mass is 10.1. The van der Waals surface area contributed by atoms with Gasteiger partial charge in [0, 0.05) is 0 Å². The van der Waals surface area contributed by atoms with Crippen LogP contribution in [0.4, 0.5) is 0 Å². The molecule has 2 aliphatic rings. The minimum Gasteiger partial charge on any atom is -0.480 e. The van der Waals surface area contributed by atoms with Gasteiger partial charge in [0.15, 0.2) is 0 Å². The van der Waals surface area contributed by atoms with Gasteiger partial charge < -0.3 is 9.84 Å². The van der Waals surface area contributed by atoms with Gasteiger partial charge in [-0.1, -0.05) is 0 Å². The molecular weight excluding hydrogens is 158 g/mol. The van der Waals surface area contributed by atoms with Crippen molar-refractivity contribution in [2.45, 2.75) is 24.9 Å². The minimum atomic E-state index is -0.681. The van der Waals surface area contributed by atoms with Crippen LogP contribution in [0.15, 0.2) is 0 Å². The third kappa shape index (κ3) is 1.21. The van der Waals surface area contributed by atoms with E-state index in [0.717, 1.165) is 19.4 Å². The third-order valence-corrected chi connectivity index (χ3v) is 2.67. The summed E-state index contributed by atoms with van der Waals surface area (Å²) in [7, 11) is 0. The smallest absolute Gasteiger partial charge is 0.320 e. The molecule has 2 heterocycles. The lowest BCUT2D eigenvalue weighted by molar-refractivity contribution is -0.147. The molecule has 0 aromatic rings. The average Bonchev–Trinajstić information content (AvgIpc) is 2.31. The summed E-state index contributed by atoms with van der Waals surface area (Å²) < 4.78 is 5.04. The summed E-state index contributed by atoms with van der Waals surface area (Å²) in [6.45, 7) is 2.35. The van der Waals surface area contributed by atoms with Crippen molar-refractivity contribution < 1.29 is 14.6 Å². The van der Waals surface area contributed by atoms with Crippen molar-refractivity contribution in [3.8, 4) is 0 Å². The molecule has 1 N–H and O–H groups in total.